The Kier molecular flexibility index (Phi) is 4.65. The van der Waals surface area contributed by atoms with Gasteiger partial charge in [0, 0.05) is 30.4 Å². The molecule has 2 aromatic carbocycles. The number of para-hydroxylation sites is 1. The van der Waals surface area contributed by atoms with Crippen molar-refractivity contribution in [2.75, 3.05) is 0 Å². The number of benzene rings is 2. The molecule has 0 saturated heterocycles. The fraction of sp³-hybridized carbons (Fsp3) is 0.0833. The van der Waals surface area contributed by atoms with Crippen molar-refractivity contribution in [1.29, 1.82) is 0 Å². The molecule has 146 valence electrons. The zero-order valence-electron chi connectivity index (χ0n) is 16.4. The average Bonchev–Trinajstić information content (AvgIpc) is 3.19. The van der Waals surface area contributed by atoms with E-state index >= 15 is 0 Å². The highest BCUT2D eigenvalue weighted by molar-refractivity contribution is 5.81. The third-order valence-corrected chi connectivity index (χ3v) is 4.87. The third kappa shape index (κ3) is 3.63. The molecule has 5 rings (SSSR count). The Morgan fingerprint density at radius 1 is 0.867 bits per heavy atom. The molecule has 0 atom stereocenters. The van der Waals surface area contributed by atoms with Crippen LogP contribution in [0.25, 0.3) is 33.4 Å². The summed E-state index contributed by atoms with van der Waals surface area (Å²) in [6.07, 6.45) is 3.53. The minimum Gasteiger partial charge on any atom is -0.471 e. The monoisotopic (exact) mass is 393 g/mol. The van der Waals surface area contributed by atoms with Gasteiger partial charge in [0.1, 0.15) is 6.61 Å². The predicted molar refractivity (Wildman–Crippen MR) is 116 cm³/mol. The maximum Gasteiger partial charge on any atom is 0.242 e. The molecule has 0 N–H and O–H groups in total. The highest BCUT2D eigenvalue weighted by Gasteiger charge is 2.13. The number of pyridine rings is 1. The number of fused-ring (bicyclic) bond motifs is 1. The van der Waals surface area contributed by atoms with E-state index < -0.39 is 0 Å². The van der Waals surface area contributed by atoms with Crippen molar-refractivity contribution in [3.63, 3.8) is 0 Å². The number of aryl methyl sites for hydroxylation is 1. The van der Waals surface area contributed by atoms with Crippen LogP contribution in [-0.2, 0) is 13.7 Å². The lowest BCUT2D eigenvalue weighted by Gasteiger charge is -2.07. The Bertz CT molecular complexity index is 1300. The molecule has 5 aromatic rings. The summed E-state index contributed by atoms with van der Waals surface area (Å²) in [5, 5.41) is 13.6. The second-order valence-corrected chi connectivity index (χ2v) is 7.01. The molecule has 0 aliphatic carbocycles. The quantitative estimate of drug-likeness (QED) is 0.434. The largest absolute Gasteiger partial charge is 0.471 e. The predicted octanol–water partition coefficient (Wildman–Crippen LogP) is 4.67. The zero-order chi connectivity index (χ0) is 20.3. The molecule has 0 bridgehead atoms. The van der Waals surface area contributed by atoms with E-state index in [0.717, 1.165) is 39.0 Å². The molecule has 0 aliphatic rings. The second-order valence-electron chi connectivity index (χ2n) is 7.01. The van der Waals surface area contributed by atoms with Crippen molar-refractivity contribution in [2.45, 2.75) is 6.61 Å². The summed E-state index contributed by atoms with van der Waals surface area (Å²) in [7, 11) is 1.86. The molecule has 0 saturated carbocycles. The first-order valence-electron chi connectivity index (χ1n) is 9.66. The first kappa shape index (κ1) is 18.0. The fourth-order valence-electron chi connectivity index (χ4n) is 3.35. The molecule has 0 amide bonds. The van der Waals surface area contributed by atoms with Crippen LogP contribution in [0.5, 0.6) is 5.88 Å². The molecule has 6 heteroatoms. The summed E-state index contributed by atoms with van der Waals surface area (Å²) in [6.45, 7) is 0.412. The van der Waals surface area contributed by atoms with Crippen LogP contribution in [0.15, 0.2) is 85.2 Å². The Morgan fingerprint density at radius 2 is 1.73 bits per heavy atom. The lowest BCUT2D eigenvalue weighted by Crippen LogP contribution is -1.98. The first-order valence-corrected chi connectivity index (χ1v) is 9.66. The Hall–Kier alpha value is -4.06. The van der Waals surface area contributed by atoms with E-state index in [-0.39, 0.29) is 0 Å². The van der Waals surface area contributed by atoms with Gasteiger partial charge in [-0.15, -0.1) is 5.10 Å². The smallest absolute Gasteiger partial charge is 0.242 e. The Morgan fingerprint density at radius 3 is 2.57 bits per heavy atom. The van der Waals surface area contributed by atoms with Crippen LogP contribution in [0.1, 0.15) is 5.56 Å². The normalized spacial score (nSPS) is 11.0. The molecule has 0 unspecified atom stereocenters. The lowest BCUT2D eigenvalue weighted by molar-refractivity contribution is 0.292. The third-order valence-electron chi connectivity index (χ3n) is 4.87. The molecule has 30 heavy (non-hydrogen) atoms. The van der Waals surface area contributed by atoms with E-state index in [1.54, 1.807) is 10.9 Å². The average molecular weight is 393 g/mol. The molecule has 0 aliphatic heterocycles. The number of hydrogen-bond donors (Lipinski definition) is 0. The van der Waals surface area contributed by atoms with Crippen molar-refractivity contribution < 1.29 is 4.74 Å². The van der Waals surface area contributed by atoms with Gasteiger partial charge in [0.2, 0.25) is 5.88 Å². The van der Waals surface area contributed by atoms with Gasteiger partial charge in [-0.3, -0.25) is 4.68 Å². The molecular formula is C24H19N5O. The summed E-state index contributed by atoms with van der Waals surface area (Å²) < 4.78 is 7.70. The number of nitrogens with zero attached hydrogens (tertiary/aromatic N) is 5. The number of rotatable bonds is 5. The van der Waals surface area contributed by atoms with Crippen molar-refractivity contribution in [2.24, 2.45) is 7.05 Å². The standard InChI is InChI=1S/C24H19N5O/c1-29-15-20(23-7-4-14-25-27-23)24(28-29)30-16-17-8-10-19(11-9-17)22-13-12-18-5-2-3-6-21(18)26-22/h2-15H,16H2,1H3. The van der Waals surface area contributed by atoms with E-state index in [0.29, 0.717) is 12.5 Å². The molecule has 6 nitrogen and oxygen atoms in total. The van der Waals surface area contributed by atoms with Gasteiger partial charge >= 0.3 is 0 Å². The van der Waals surface area contributed by atoms with E-state index in [2.05, 4.69) is 57.8 Å². The van der Waals surface area contributed by atoms with Gasteiger partial charge in [-0.25, -0.2) is 4.98 Å². The van der Waals surface area contributed by atoms with Crippen LogP contribution in [0.3, 0.4) is 0 Å². The van der Waals surface area contributed by atoms with Crippen molar-refractivity contribution in [1.82, 2.24) is 25.0 Å². The number of ether oxygens (including phenoxy) is 1. The highest BCUT2D eigenvalue weighted by Crippen LogP contribution is 2.27. The number of aromatic nitrogens is 5. The minimum absolute atomic E-state index is 0.412. The van der Waals surface area contributed by atoms with Crippen molar-refractivity contribution in [3.8, 4) is 28.4 Å². The molecule has 0 spiro atoms. The van der Waals surface area contributed by atoms with E-state index in [9.17, 15) is 0 Å². The summed E-state index contributed by atoms with van der Waals surface area (Å²) in [5.74, 6) is 0.540. The van der Waals surface area contributed by atoms with Crippen LogP contribution in [0.4, 0.5) is 0 Å². The van der Waals surface area contributed by atoms with Crippen LogP contribution in [-0.4, -0.2) is 25.0 Å². The fourth-order valence-corrected chi connectivity index (χ4v) is 3.35. The molecule has 0 radical (unpaired) electrons. The maximum atomic E-state index is 5.99. The lowest BCUT2D eigenvalue weighted by atomic mass is 10.1. The van der Waals surface area contributed by atoms with E-state index in [1.807, 2.05) is 43.6 Å². The summed E-state index contributed by atoms with van der Waals surface area (Å²) >= 11 is 0. The zero-order valence-corrected chi connectivity index (χ0v) is 16.4. The highest BCUT2D eigenvalue weighted by atomic mass is 16.5. The molecule has 3 heterocycles. The Balaban J connectivity index is 1.33. The van der Waals surface area contributed by atoms with E-state index in [1.165, 1.54) is 0 Å². The van der Waals surface area contributed by atoms with Gasteiger partial charge in [-0.05, 0) is 29.8 Å². The maximum absolute atomic E-state index is 5.99. The van der Waals surface area contributed by atoms with Crippen LogP contribution in [0, 0.1) is 0 Å². The van der Waals surface area contributed by atoms with Crippen LogP contribution in [0.2, 0.25) is 0 Å². The SMILES string of the molecule is Cn1cc(-c2cccnn2)c(OCc2ccc(-c3ccc4ccccc4n3)cc2)n1. The van der Waals surface area contributed by atoms with E-state index in [4.69, 9.17) is 9.72 Å². The van der Waals surface area contributed by atoms with Gasteiger partial charge in [0.25, 0.3) is 0 Å². The topological polar surface area (TPSA) is 65.7 Å². The van der Waals surface area contributed by atoms with Gasteiger partial charge in [-0.2, -0.15) is 10.2 Å². The number of hydrogen-bond acceptors (Lipinski definition) is 5. The first-order chi connectivity index (χ1) is 14.8. The van der Waals surface area contributed by atoms with Crippen LogP contribution >= 0.6 is 0 Å². The van der Waals surface area contributed by atoms with Gasteiger partial charge < -0.3 is 4.74 Å². The molecule has 3 aromatic heterocycles. The minimum atomic E-state index is 0.412. The summed E-state index contributed by atoms with van der Waals surface area (Å²) in [5.41, 5.74) is 5.63. The van der Waals surface area contributed by atoms with Gasteiger partial charge in [0.05, 0.1) is 22.5 Å². The second kappa shape index (κ2) is 7.75. The molecular weight excluding hydrogens is 374 g/mol. The Labute approximate surface area is 173 Å². The van der Waals surface area contributed by atoms with Gasteiger partial charge in [0.15, 0.2) is 0 Å². The van der Waals surface area contributed by atoms with Crippen LogP contribution < -0.4 is 4.74 Å². The molecule has 0 fully saturated rings. The van der Waals surface area contributed by atoms with Crippen molar-refractivity contribution >= 4 is 10.9 Å². The van der Waals surface area contributed by atoms with Gasteiger partial charge in [-0.1, -0.05) is 48.5 Å². The van der Waals surface area contributed by atoms with Crippen molar-refractivity contribution in [3.05, 3.63) is 90.8 Å². The summed E-state index contributed by atoms with van der Waals surface area (Å²) in [4.78, 5) is 4.76. The summed E-state index contributed by atoms with van der Waals surface area (Å²) in [6, 6.07) is 24.3.